The molecule has 1 atom stereocenters. The zero-order valence-corrected chi connectivity index (χ0v) is 17.7. The van der Waals surface area contributed by atoms with Gasteiger partial charge in [-0.3, -0.25) is 29.8 Å². The van der Waals surface area contributed by atoms with E-state index in [2.05, 4.69) is 10.6 Å². The van der Waals surface area contributed by atoms with Crippen molar-refractivity contribution in [3.63, 3.8) is 0 Å². The van der Waals surface area contributed by atoms with Crippen molar-refractivity contribution in [1.82, 2.24) is 15.5 Å². The van der Waals surface area contributed by atoms with Crippen LogP contribution in [-0.2, 0) is 20.9 Å². The highest BCUT2D eigenvalue weighted by Gasteiger charge is 2.34. The molecular weight excluding hydrogens is 436 g/mol. The molecule has 0 radical (unpaired) electrons. The molecule has 0 aliphatic carbocycles. The van der Waals surface area contributed by atoms with E-state index >= 15 is 0 Å². The van der Waals surface area contributed by atoms with E-state index in [1.54, 1.807) is 0 Å². The summed E-state index contributed by atoms with van der Waals surface area (Å²) in [7, 11) is 0. The summed E-state index contributed by atoms with van der Waals surface area (Å²) in [5, 5.41) is 15.9. The molecule has 2 aromatic rings. The predicted molar refractivity (Wildman–Crippen MR) is 118 cm³/mol. The number of carbonyl (C=O) groups excluding carboxylic acids is 3. The highest BCUT2D eigenvalue weighted by atomic mass is 32.1. The maximum absolute atomic E-state index is 12.5. The molecule has 1 unspecified atom stereocenters. The van der Waals surface area contributed by atoms with Gasteiger partial charge in [-0.1, -0.05) is 30.3 Å². The number of hydrogen-bond acceptors (Lipinski definition) is 7. The average molecular weight is 456 g/mol. The van der Waals surface area contributed by atoms with Crippen LogP contribution in [0, 0.1) is 10.1 Å². The number of nitro benzene ring substituents is 1. The van der Waals surface area contributed by atoms with Gasteiger partial charge in [0.2, 0.25) is 5.91 Å². The largest absolute Gasteiger partial charge is 0.461 e. The van der Waals surface area contributed by atoms with Gasteiger partial charge < -0.3 is 15.0 Å². The van der Waals surface area contributed by atoms with Crippen molar-refractivity contribution < 1.29 is 24.0 Å². The molecule has 2 aromatic carbocycles. The van der Waals surface area contributed by atoms with Crippen LogP contribution in [0.1, 0.15) is 22.3 Å². The van der Waals surface area contributed by atoms with Gasteiger partial charge in [0.15, 0.2) is 5.11 Å². The van der Waals surface area contributed by atoms with Crippen LogP contribution in [0.2, 0.25) is 0 Å². The van der Waals surface area contributed by atoms with Crippen molar-refractivity contribution in [3.8, 4) is 0 Å². The molecule has 1 heterocycles. The van der Waals surface area contributed by atoms with Crippen molar-refractivity contribution in [2.75, 3.05) is 13.1 Å². The van der Waals surface area contributed by atoms with Crippen LogP contribution < -0.4 is 10.6 Å². The molecule has 2 N–H and O–H groups in total. The summed E-state index contributed by atoms with van der Waals surface area (Å²) >= 11 is 5.30. The number of hydrogen-bond donors (Lipinski definition) is 2. The third-order valence-corrected chi connectivity index (χ3v) is 5.09. The molecule has 3 rings (SSSR count). The van der Waals surface area contributed by atoms with Crippen LogP contribution in [-0.4, -0.2) is 51.9 Å². The SMILES string of the molecule is O=C(CC1C(=O)NCCN1C(=S)NC(=O)c1ccc([N+](=O)[O-])cc1)OCc1ccccc1. The Kier molecular flexibility index (Phi) is 7.45. The Bertz CT molecular complexity index is 1030. The Balaban J connectivity index is 1.61. The maximum Gasteiger partial charge on any atom is 0.308 e. The van der Waals surface area contributed by atoms with Crippen LogP contribution in [0.4, 0.5) is 5.69 Å². The van der Waals surface area contributed by atoms with Crippen molar-refractivity contribution in [2.45, 2.75) is 19.1 Å². The molecule has 1 fully saturated rings. The fourth-order valence-electron chi connectivity index (χ4n) is 3.09. The zero-order valence-electron chi connectivity index (χ0n) is 16.9. The molecule has 0 bridgehead atoms. The normalized spacial score (nSPS) is 15.4. The van der Waals surface area contributed by atoms with Crippen LogP contribution in [0.25, 0.3) is 0 Å². The number of esters is 1. The topological polar surface area (TPSA) is 131 Å². The van der Waals surface area contributed by atoms with Gasteiger partial charge in [-0.15, -0.1) is 0 Å². The number of piperazine rings is 1. The minimum atomic E-state index is -0.934. The Morgan fingerprint density at radius 3 is 2.53 bits per heavy atom. The van der Waals surface area contributed by atoms with Gasteiger partial charge in [0.25, 0.3) is 11.6 Å². The number of nitro groups is 1. The highest BCUT2D eigenvalue weighted by Crippen LogP contribution is 2.14. The van der Waals surface area contributed by atoms with Gasteiger partial charge in [-0.2, -0.15) is 0 Å². The van der Waals surface area contributed by atoms with E-state index in [-0.39, 0.29) is 29.4 Å². The average Bonchev–Trinajstić information content (AvgIpc) is 2.79. The lowest BCUT2D eigenvalue weighted by Crippen LogP contribution is -2.60. The number of benzene rings is 2. The monoisotopic (exact) mass is 456 g/mol. The molecule has 0 aromatic heterocycles. The third kappa shape index (κ3) is 5.85. The van der Waals surface area contributed by atoms with Crippen molar-refractivity contribution in [1.29, 1.82) is 0 Å². The molecule has 10 nitrogen and oxygen atoms in total. The first kappa shape index (κ1) is 22.8. The minimum Gasteiger partial charge on any atom is -0.461 e. The second-order valence-electron chi connectivity index (χ2n) is 6.91. The molecule has 1 aliphatic heterocycles. The molecule has 0 saturated carbocycles. The molecule has 1 aliphatic rings. The Labute approximate surface area is 188 Å². The summed E-state index contributed by atoms with van der Waals surface area (Å²) in [5.41, 5.74) is 0.834. The summed E-state index contributed by atoms with van der Waals surface area (Å²) in [6.45, 7) is 0.666. The summed E-state index contributed by atoms with van der Waals surface area (Å²) in [5.74, 6) is -1.56. The first-order valence-electron chi connectivity index (χ1n) is 9.69. The number of nitrogens with zero attached hydrogens (tertiary/aromatic N) is 2. The molecule has 2 amide bonds. The van der Waals surface area contributed by atoms with Crippen molar-refractivity contribution >= 4 is 40.8 Å². The fraction of sp³-hybridized carbons (Fsp3) is 0.238. The van der Waals surface area contributed by atoms with Crippen LogP contribution in [0.15, 0.2) is 54.6 Å². The summed E-state index contributed by atoms with van der Waals surface area (Å²) in [6.07, 6.45) is -0.244. The van der Waals surface area contributed by atoms with Gasteiger partial charge in [0, 0.05) is 30.8 Å². The van der Waals surface area contributed by atoms with Gasteiger partial charge in [-0.25, -0.2) is 0 Å². The number of thiocarbonyl (C=S) groups is 1. The first-order chi connectivity index (χ1) is 15.3. The smallest absolute Gasteiger partial charge is 0.308 e. The second-order valence-corrected chi connectivity index (χ2v) is 7.30. The van der Waals surface area contributed by atoms with Gasteiger partial charge >= 0.3 is 5.97 Å². The minimum absolute atomic E-state index is 0.0240. The number of ether oxygens (including phenoxy) is 1. The van der Waals surface area contributed by atoms with Crippen LogP contribution >= 0.6 is 12.2 Å². The van der Waals surface area contributed by atoms with E-state index in [9.17, 15) is 24.5 Å². The molecule has 11 heteroatoms. The Hall–Kier alpha value is -3.86. The number of amides is 2. The predicted octanol–water partition coefficient (Wildman–Crippen LogP) is 1.54. The molecule has 0 spiro atoms. The van der Waals surface area contributed by atoms with Crippen molar-refractivity contribution in [2.24, 2.45) is 0 Å². The van der Waals surface area contributed by atoms with E-state index < -0.39 is 28.7 Å². The van der Waals surface area contributed by atoms with Crippen LogP contribution in [0.3, 0.4) is 0 Å². The summed E-state index contributed by atoms with van der Waals surface area (Å²) in [4.78, 5) is 48.8. The van der Waals surface area contributed by atoms with E-state index in [1.807, 2.05) is 30.3 Å². The first-order valence-corrected chi connectivity index (χ1v) is 10.1. The van der Waals surface area contributed by atoms with Crippen molar-refractivity contribution in [3.05, 3.63) is 75.8 Å². The molecular formula is C21H20N4O6S. The zero-order chi connectivity index (χ0) is 23.1. The highest BCUT2D eigenvalue weighted by molar-refractivity contribution is 7.80. The lowest BCUT2D eigenvalue weighted by molar-refractivity contribution is -0.384. The summed E-state index contributed by atoms with van der Waals surface area (Å²) < 4.78 is 5.26. The number of rotatable bonds is 6. The second kappa shape index (κ2) is 10.4. The van der Waals surface area contributed by atoms with E-state index in [4.69, 9.17) is 17.0 Å². The number of nitrogens with one attached hydrogen (secondary N) is 2. The number of non-ortho nitro benzene ring substituents is 1. The standard InChI is InChI=1S/C21H20N4O6S/c26-18(31-13-14-4-2-1-3-5-14)12-17-20(28)22-10-11-24(17)21(32)23-19(27)15-6-8-16(9-7-15)25(29)30/h1-9,17H,10-13H2,(H,22,28)(H,23,27,32). The van der Waals surface area contributed by atoms with E-state index in [1.165, 1.54) is 29.2 Å². The van der Waals surface area contributed by atoms with Gasteiger partial charge in [0.05, 0.1) is 11.3 Å². The quantitative estimate of drug-likeness (QED) is 0.290. The molecule has 32 heavy (non-hydrogen) atoms. The van der Waals surface area contributed by atoms with Gasteiger partial charge in [0.1, 0.15) is 12.6 Å². The van der Waals surface area contributed by atoms with Crippen LogP contribution in [0.5, 0.6) is 0 Å². The van der Waals surface area contributed by atoms with Gasteiger partial charge in [-0.05, 0) is 29.9 Å². The number of carbonyl (C=O) groups is 3. The molecule has 1 saturated heterocycles. The maximum atomic E-state index is 12.5. The third-order valence-electron chi connectivity index (χ3n) is 4.76. The fourth-order valence-corrected chi connectivity index (χ4v) is 3.40. The van der Waals surface area contributed by atoms with E-state index in [0.717, 1.165) is 5.56 Å². The lowest BCUT2D eigenvalue weighted by atomic mass is 10.1. The summed E-state index contributed by atoms with van der Waals surface area (Å²) in [6, 6.07) is 13.2. The Morgan fingerprint density at radius 1 is 1.19 bits per heavy atom. The lowest BCUT2D eigenvalue weighted by Gasteiger charge is -2.36. The van der Waals surface area contributed by atoms with E-state index in [0.29, 0.717) is 13.1 Å². The Morgan fingerprint density at radius 2 is 1.88 bits per heavy atom. The molecule has 166 valence electrons.